The second kappa shape index (κ2) is 8.40. The SMILES string of the molecule is Cc1ccc(F)cc1[C@@H](C(=O)O)N1CCN(CC(=O)NC(C)C)CC1. The van der Waals surface area contributed by atoms with Gasteiger partial charge in [0.25, 0.3) is 0 Å². The highest BCUT2D eigenvalue weighted by molar-refractivity contribution is 5.78. The van der Waals surface area contributed by atoms with Gasteiger partial charge < -0.3 is 10.4 Å². The predicted octanol–water partition coefficient (Wildman–Crippen LogP) is 1.40. The Kier molecular flexibility index (Phi) is 6.50. The molecule has 6 nitrogen and oxygen atoms in total. The summed E-state index contributed by atoms with van der Waals surface area (Å²) >= 11 is 0. The first-order valence-electron chi connectivity index (χ1n) is 8.52. The number of carboxylic acid groups (broad SMARTS) is 1. The van der Waals surface area contributed by atoms with Crippen LogP contribution in [-0.4, -0.2) is 65.5 Å². The highest BCUT2D eigenvalue weighted by Gasteiger charge is 2.31. The molecule has 0 saturated carbocycles. The summed E-state index contributed by atoms with van der Waals surface area (Å²) in [5.74, 6) is -1.45. The number of aryl methyl sites for hydroxylation is 1. The summed E-state index contributed by atoms with van der Waals surface area (Å²) in [6.07, 6.45) is 0. The Hall–Kier alpha value is -1.99. The second-order valence-corrected chi connectivity index (χ2v) is 6.78. The molecule has 138 valence electrons. The lowest BCUT2D eigenvalue weighted by atomic mass is 9.99. The third-order valence-corrected chi connectivity index (χ3v) is 4.36. The van der Waals surface area contributed by atoms with Crippen LogP contribution in [0.2, 0.25) is 0 Å². The van der Waals surface area contributed by atoms with Crippen molar-refractivity contribution in [1.29, 1.82) is 0 Å². The monoisotopic (exact) mass is 351 g/mol. The molecule has 1 aromatic carbocycles. The van der Waals surface area contributed by atoms with Gasteiger partial charge in [0.15, 0.2) is 0 Å². The molecule has 0 unspecified atom stereocenters. The number of carboxylic acids is 1. The predicted molar refractivity (Wildman–Crippen MR) is 92.8 cm³/mol. The van der Waals surface area contributed by atoms with Crippen LogP contribution in [0.25, 0.3) is 0 Å². The molecule has 0 radical (unpaired) electrons. The zero-order chi connectivity index (χ0) is 18.6. The number of hydrogen-bond acceptors (Lipinski definition) is 4. The zero-order valence-corrected chi connectivity index (χ0v) is 15.0. The van der Waals surface area contributed by atoms with E-state index in [1.807, 2.05) is 23.6 Å². The molecule has 1 aliphatic rings. The first-order valence-corrected chi connectivity index (χ1v) is 8.52. The van der Waals surface area contributed by atoms with Gasteiger partial charge in [-0.05, 0) is 44.0 Å². The number of halogens is 1. The Labute approximate surface area is 147 Å². The van der Waals surface area contributed by atoms with E-state index in [0.717, 1.165) is 5.56 Å². The van der Waals surface area contributed by atoms with Crippen molar-refractivity contribution in [3.63, 3.8) is 0 Å². The molecule has 1 saturated heterocycles. The summed E-state index contributed by atoms with van der Waals surface area (Å²) in [6, 6.07) is 3.47. The summed E-state index contributed by atoms with van der Waals surface area (Å²) in [5, 5.41) is 12.5. The van der Waals surface area contributed by atoms with E-state index in [4.69, 9.17) is 0 Å². The van der Waals surface area contributed by atoms with Crippen molar-refractivity contribution in [3.05, 3.63) is 35.1 Å². The highest BCUT2D eigenvalue weighted by Crippen LogP contribution is 2.26. The quantitative estimate of drug-likeness (QED) is 0.811. The van der Waals surface area contributed by atoms with Crippen LogP contribution in [0.15, 0.2) is 18.2 Å². The van der Waals surface area contributed by atoms with Crippen molar-refractivity contribution in [1.82, 2.24) is 15.1 Å². The number of hydrogen-bond donors (Lipinski definition) is 2. The molecular weight excluding hydrogens is 325 g/mol. The summed E-state index contributed by atoms with van der Waals surface area (Å²) in [7, 11) is 0. The minimum atomic E-state index is -0.986. The van der Waals surface area contributed by atoms with Gasteiger partial charge >= 0.3 is 5.97 Å². The first-order chi connectivity index (χ1) is 11.8. The molecule has 0 bridgehead atoms. The van der Waals surface area contributed by atoms with E-state index in [1.54, 1.807) is 13.0 Å². The third kappa shape index (κ3) is 5.24. The lowest BCUT2D eigenvalue weighted by Crippen LogP contribution is -2.52. The average Bonchev–Trinajstić information content (AvgIpc) is 2.51. The maximum absolute atomic E-state index is 13.6. The van der Waals surface area contributed by atoms with Crippen LogP contribution < -0.4 is 5.32 Å². The largest absolute Gasteiger partial charge is 0.480 e. The van der Waals surface area contributed by atoms with E-state index in [2.05, 4.69) is 5.32 Å². The van der Waals surface area contributed by atoms with Crippen molar-refractivity contribution >= 4 is 11.9 Å². The summed E-state index contributed by atoms with van der Waals surface area (Å²) < 4.78 is 13.6. The molecule has 25 heavy (non-hydrogen) atoms. The van der Waals surface area contributed by atoms with Crippen LogP contribution in [-0.2, 0) is 9.59 Å². The number of rotatable bonds is 6. The van der Waals surface area contributed by atoms with Gasteiger partial charge in [-0.25, -0.2) is 4.39 Å². The van der Waals surface area contributed by atoms with Gasteiger partial charge in [-0.1, -0.05) is 6.07 Å². The van der Waals surface area contributed by atoms with Crippen molar-refractivity contribution in [2.24, 2.45) is 0 Å². The number of benzene rings is 1. The summed E-state index contributed by atoms with van der Waals surface area (Å²) in [6.45, 7) is 8.15. The van der Waals surface area contributed by atoms with E-state index in [-0.39, 0.29) is 11.9 Å². The summed E-state index contributed by atoms with van der Waals surface area (Å²) in [5.41, 5.74) is 1.24. The molecule has 1 aliphatic heterocycles. The molecular formula is C18H26FN3O3. The Morgan fingerprint density at radius 1 is 1.24 bits per heavy atom. The topological polar surface area (TPSA) is 72.9 Å². The third-order valence-electron chi connectivity index (χ3n) is 4.36. The van der Waals surface area contributed by atoms with E-state index in [0.29, 0.717) is 38.3 Å². The van der Waals surface area contributed by atoms with E-state index in [1.165, 1.54) is 12.1 Å². The van der Waals surface area contributed by atoms with Crippen LogP contribution in [0.3, 0.4) is 0 Å². The highest BCUT2D eigenvalue weighted by atomic mass is 19.1. The van der Waals surface area contributed by atoms with Crippen molar-refractivity contribution in [3.8, 4) is 0 Å². The average molecular weight is 351 g/mol. The summed E-state index contributed by atoms with van der Waals surface area (Å²) in [4.78, 5) is 27.5. The molecule has 0 spiro atoms. The molecule has 1 aromatic rings. The van der Waals surface area contributed by atoms with Crippen LogP contribution >= 0.6 is 0 Å². The minimum absolute atomic E-state index is 0.0285. The van der Waals surface area contributed by atoms with E-state index >= 15 is 0 Å². The fourth-order valence-corrected chi connectivity index (χ4v) is 3.14. The lowest BCUT2D eigenvalue weighted by Gasteiger charge is -2.38. The number of nitrogens with one attached hydrogen (secondary N) is 1. The van der Waals surface area contributed by atoms with Gasteiger partial charge in [-0.3, -0.25) is 19.4 Å². The fraction of sp³-hybridized carbons (Fsp3) is 0.556. The normalized spacial score (nSPS) is 17.5. The van der Waals surface area contributed by atoms with Crippen molar-refractivity contribution in [2.45, 2.75) is 32.9 Å². The maximum Gasteiger partial charge on any atom is 0.325 e. The standard InChI is InChI=1S/C18H26FN3O3/c1-12(2)20-16(23)11-21-6-8-22(9-7-21)17(18(24)25)15-10-14(19)5-4-13(15)3/h4-5,10,12,17H,6-9,11H2,1-3H3,(H,20,23)(H,24,25)/t17-/m0/s1. The smallest absolute Gasteiger partial charge is 0.325 e. The number of carbonyl (C=O) groups excluding carboxylic acids is 1. The van der Waals surface area contributed by atoms with Crippen LogP contribution in [0.5, 0.6) is 0 Å². The van der Waals surface area contributed by atoms with Crippen LogP contribution in [0, 0.1) is 12.7 Å². The number of piperazine rings is 1. The Balaban J connectivity index is 2.02. The Morgan fingerprint density at radius 2 is 1.88 bits per heavy atom. The zero-order valence-electron chi connectivity index (χ0n) is 15.0. The van der Waals surface area contributed by atoms with Gasteiger partial charge in [0, 0.05) is 32.2 Å². The Bertz CT molecular complexity index is 628. The van der Waals surface area contributed by atoms with Gasteiger partial charge in [0.1, 0.15) is 11.9 Å². The lowest BCUT2D eigenvalue weighted by molar-refractivity contribution is -0.144. The minimum Gasteiger partial charge on any atom is -0.480 e. The van der Waals surface area contributed by atoms with Crippen LogP contribution in [0.1, 0.15) is 31.0 Å². The molecule has 2 N–H and O–H groups in total. The molecule has 0 aromatic heterocycles. The maximum atomic E-state index is 13.6. The number of nitrogens with zero attached hydrogens (tertiary/aromatic N) is 2. The number of amides is 1. The molecule has 1 atom stereocenters. The molecule has 1 amide bonds. The molecule has 2 rings (SSSR count). The number of aliphatic carboxylic acids is 1. The van der Waals surface area contributed by atoms with Gasteiger partial charge in [-0.15, -0.1) is 0 Å². The van der Waals surface area contributed by atoms with Crippen LogP contribution in [0.4, 0.5) is 4.39 Å². The van der Waals surface area contributed by atoms with Crippen molar-refractivity contribution < 1.29 is 19.1 Å². The number of carbonyl (C=O) groups is 2. The van der Waals surface area contributed by atoms with Crippen molar-refractivity contribution in [2.75, 3.05) is 32.7 Å². The molecule has 1 fully saturated rings. The van der Waals surface area contributed by atoms with Gasteiger partial charge in [0.05, 0.1) is 6.54 Å². The van der Waals surface area contributed by atoms with E-state index in [9.17, 15) is 19.1 Å². The first kappa shape index (κ1) is 19.3. The molecule has 1 heterocycles. The molecule has 7 heteroatoms. The van der Waals surface area contributed by atoms with Gasteiger partial charge in [-0.2, -0.15) is 0 Å². The van der Waals surface area contributed by atoms with E-state index < -0.39 is 17.8 Å². The molecule has 0 aliphatic carbocycles. The second-order valence-electron chi connectivity index (χ2n) is 6.78. The fourth-order valence-electron chi connectivity index (χ4n) is 3.14. The Morgan fingerprint density at radius 3 is 2.44 bits per heavy atom. The van der Waals surface area contributed by atoms with Gasteiger partial charge in [0.2, 0.25) is 5.91 Å².